The average molecular weight is 382 g/mol. The Hall–Kier alpha value is -2.63. The van der Waals surface area contributed by atoms with E-state index in [1.54, 1.807) is 12.3 Å². The molecular weight excluding hydrogens is 355 g/mol. The molecule has 6 heteroatoms. The molecule has 0 spiro atoms. The second kappa shape index (κ2) is 8.59. The third-order valence-electron chi connectivity index (χ3n) is 5.74. The fraction of sp³-hybridized carbons (Fsp3) is 0.455. The molecule has 2 aromatic rings. The van der Waals surface area contributed by atoms with Crippen LogP contribution in [-0.4, -0.2) is 43.1 Å². The van der Waals surface area contributed by atoms with Gasteiger partial charge in [0.2, 0.25) is 0 Å². The highest BCUT2D eigenvalue weighted by molar-refractivity contribution is 5.95. The quantitative estimate of drug-likeness (QED) is 0.878. The Morgan fingerprint density at radius 2 is 1.64 bits per heavy atom. The zero-order valence-electron chi connectivity index (χ0n) is 16.1. The molecule has 0 radical (unpaired) electrons. The van der Waals surface area contributed by atoms with E-state index >= 15 is 0 Å². The Kier molecular flexibility index (Phi) is 5.74. The Morgan fingerprint density at radius 3 is 2.36 bits per heavy atom. The van der Waals surface area contributed by atoms with Gasteiger partial charge in [0.05, 0.1) is 0 Å². The van der Waals surface area contributed by atoms with Crippen LogP contribution in [0.25, 0.3) is 0 Å². The first-order valence-corrected chi connectivity index (χ1v) is 10.2. The second-order valence-corrected chi connectivity index (χ2v) is 7.66. The molecule has 1 aromatic heterocycles. The number of nitrogens with one attached hydrogen (secondary N) is 1. The molecule has 1 saturated heterocycles. The van der Waals surface area contributed by atoms with Gasteiger partial charge in [0.15, 0.2) is 0 Å². The van der Waals surface area contributed by atoms with Crippen molar-refractivity contribution in [3.8, 4) is 0 Å². The Labute approximate surface area is 165 Å². The fourth-order valence-corrected chi connectivity index (χ4v) is 4.09. The molecule has 0 atom stereocenters. The van der Waals surface area contributed by atoms with Gasteiger partial charge in [0, 0.05) is 49.7 Å². The van der Waals surface area contributed by atoms with Crippen molar-refractivity contribution >= 4 is 17.4 Å². The van der Waals surface area contributed by atoms with E-state index in [0.29, 0.717) is 11.6 Å². The predicted octanol–water partition coefficient (Wildman–Crippen LogP) is 3.61. The summed E-state index contributed by atoms with van der Waals surface area (Å²) in [5.74, 6) is 0.630. The zero-order chi connectivity index (χ0) is 19.3. The minimum absolute atomic E-state index is 0.000461. The summed E-state index contributed by atoms with van der Waals surface area (Å²) in [6, 6.07) is 10.6. The van der Waals surface area contributed by atoms with Crippen LogP contribution in [0.4, 0.5) is 15.9 Å². The van der Waals surface area contributed by atoms with Gasteiger partial charge in [-0.25, -0.2) is 9.37 Å². The molecular formula is C22H27FN4O. The Morgan fingerprint density at radius 1 is 0.964 bits per heavy atom. The monoisotopic (exact) mass is 382 g/mol. The third kappa shape index (κ3) is 4.43. The van der Waals surface area contributed by atoms with E-state index in [1.807, 2.05) is 18.2 Å². The first-order chi connectivity index (χ1) is 13.7. The molecule has 1 amide bonds. The van der Waals surface area contributed by atoms with Gasteiger partial charge in [0.25, 0.3) is 5.91 Å². The SMILES string of the molecule is O=C(NC1CCCCC1)c1ccnc(N2CCN(c3ccc(F)cc3)CC2)c1. The number of carbonyl (C=O) groups excluding carboxylic acids is 1. The molecule has 2 fully saturated rings. The van der Waals surface area contributed by atoms with Gasteiger partial charge in [-0.05, 0) is 49.2 Å². The normalized spacial score (nSPS) is 18.2. The number of amides is 1. The molecule has 5 nitrogen and oxygen atoms in total. The van der Waals surface area contributed by atoms with Gasteiger partial charge in [-0.2, -0.15) is 0 Å². The van der Waals surface area contributed by atoms with Crippen LogP contribution in [0.5, 0.6) is 0 Å². The van der Waals surface area contributed by atoms with Gasteiger partial charge in [-0.15, -0.1) is 0 Å². The number of hydrogen-bond donors (Lipinski definition) is 1. The topological polar surface area (TPSA) is 48.5 Å². The number of piperazine rings is 1. The van der Waals surface area contributed by atoms with Gasteiger partial charge in [0.1, 0.15) is 11.6 Å². The fourth-order valence-electron chi connectivity index (χ4n) is 4.09. The average Bonchev–Trinajstić information content (AvgIpc) is 2.75. The van der Waals surface area contributed by atoms with Crippen LogP contribution in [-0.2, 0) is 0 Å². The predicted molar refractivity (Wildman–Crippen MR) is 109 cm³/mol. The van der Waals surface area contributed by atoms with Gasteiger partial charge >= 0.3 is 0 Å². The van der Waals surface area contributed by atoms with E-state index < -0.39 is 0 Å². The highest BCUT2D eigenvalue weighted by Crippen LogP contribution is 2.21. The molecule has 2 heterocycles. The molecule has 0 unspecified atom stereocenters. The number of carbonyl (C=O) groups is 1. The number of aromatic nitrogens is 1. The first kappa shape index (κ1) is 18.7. The molecule has 148 valence electrons. The molecule has 1 aliphatic carbocycles. The van der Waals surface area contributed by atoms with E-state index in [-0.39, 0.29) is 11.7 Å². The molecule has 1 N–H and O–H groups in total. The van der Waals surface area contributed by atoms with Crippen molar-refractivity contribution in [2.75, 3.05) is 36.0 Å². The molecule has 4 rings (SSSR count). The lowest BCUT2D eigenvalue weighted by atomic mass is 9.95. The van der Waals surface area contributed by atoms with Gasteiger partial charge in [-0.1, -0.05) is 19.3 Å². The molecule has 1 aliphatic heterocycles. The minimum Gasteiger partial charge on any atom is -0.368 e. The number of rotatable bonds is 4. The van der Waals surface area contributed by atoms with Crippen molar-refractivity contribution in [2.24, 2.45) is 0 Å². The number of pyridine rings is 1. The second-order valence-electron chi connectivity index (χ2n) is 7.66. The summed E-state index contributed by atoms with van der Waals surface area (Å²) in [6.07, 6.45) is 7.55. The van der Waals surface area contributed by atoms with Gasteiger partial charge < -0.3 is 15.1 Å². The van der Waals surface area contributed by atoms with Crippen molar-refractivity contribution in [3.05, 3.63) is 54.0 Å². The minimum atomic E-state index is -0.213. The standard InChI is InChI=1S/C22H27FN4O/c23-18-6-8-20(9-7-18)26-12-14-27(15-13-26)21-16-17(10-11-24-21)22(28)25-19-4-2-1-3-5-19/h6-11,16,19H,1-5,12-15H2,(H,25,28). The van der Waals surface area contributed by atoms with Crippen molar-refractivity contribution in [2.45, 2.75) is 38.1 Å². The molecule has 1 saturated carbocycles. The Balaban J connectivity index is 1.36. The highest BCUT2D eigenvalue weighted by atomic mass is 19.1. The van der Waals surface area contributed by atoms with Crippen LogP contribution in [0.15, 0.2) is 42.6 Å². The largest absolute Gasteiger partial charge is 0.368 e. The zero-order valence-corrected chi connectivity index (χ0v) is 16.1. The summed E-state index contributed by atoms with van der Waals surface area (Å²) in [5.41, 5.74) is 1.71. The molecule has 0 bridgehead atoms. The third-order valence-corrected chi connectivity index (χ3v) is 5.74. The number of hydrogen-bond acceptors (Lipinski definition) is 4. The van der Waals surface area contributed by atoms with E-state index in [4.69, 9.17) is 0 Å². The van der Waals surface area contributed by atoms with Crippen molar-refractivity contribution in [1.82, 2.24) is 10.3 Å². The van der Waals surface area contributed by atoms with Crippen LogP contribution in [0, 0.1) is 5.82 Å². The van der Waals surface area contributed by atoms with Crippen LogP contribution in [0.2, 0.25) is 0 Å². The summed E-state index contributed by atoms with van der Waals surface area (Å²) >= 11 is 0. The summed E-state index contributed by atoms with van der Waals surface area (Å²) in [6.45, 7) is 3.31. The smallest absolute Gasteiger partial charge is 0.251 e. The number of nitrogens with zero attached hydrogens (tertiary/aromatic N) is 3. The summed E-state index contributed by atoms with van der Waals surface area (Å²) in [7, 11) is 0. The van der Waals surface area contributed by atoms with Crippen molar-refractivity contribution in [1.29, 1.82) is 0 Å². The highest BCUT2D eigenvalue weighted by Gasteiger charge is 2.21. The van der Waals surface area contributed by atoms with E-state index in [0.717, 1.165) is 50.5 Å². The van der Waals surface area contributed by atoms with E-state index in [9.17, 15) is 9.18 Å². The Bertz CT molecular complexity index is 796. The van der Waals surface area contributed by atoms with E-state index in [2.05, 4.69) is 20.1 Å². The van der Waals surface area contributed by atoms with Crippen LogP contribution in [0.1, 0.15) is 42.5 Å². The van der Waals surface area contributed by atoms with Crippen molar-refractivity contribution < 1.29 is 9.18 Å². The maximum absolute atomic E-state index is 13.1. The number of anilines is 2. The van der Waals surface area contributed by atoms with Crippen LogP contribution in [0.3, 0.4) is 0 Å². The number of benzene rings is 1. The van der Waals surface area contributed by atoms with Crippen LogP contribution >= 0.6 is 0 Å². The summed E-state index contributed by atoms with van der Waals surface area (Å²) < 4.78 is 13.1. The van der Waals surface area contributed by atoms with Crippen molar-refractivity contribution in [3.63, 3.8) is 0 Å². The molecule has 1 aromatic carbocycles. The lowest BCUT2D eigenvalue weighted by Crippen LogP contribution is -2.47. The molecule has 2 aliphatic rings. The maximum atomic E-state index is 13.1. The van der Waals surface area contributed by atoms with Crippen LogP contribution < -0.4 is 15.1 Å². The first-order valence-electron chi connectivity index (χ1n) is 10.2. The number of halogens is 1. The maximum Gasteiger partial charge on any atom is 0.251 e. The summed E-state index contributed by atoms with van der Waals surface area (Å²) in [4.78, 5) is 21.5. The van der Waals surface area contributed by atoms with E-state index in [1.165, 1.54) is 31.4 Å². The lowest BCUT2D eigenvalue weighted by molar-refractivity contribution is 0.0927. The summed E-state index contributed by atoms with van der Waals surface area (Å²) in [5, 5.41) is 3.17. The van der Waals surface area contributed by atoms with Gasteiger partial charge in [-0.3, -0.25) is 4.79 Å². The lowest BCUT2D eigenvalue weighted by Gasteiger charge is -2.36. The molecule has 28 heavy (non-hydrogen) atoms.